The standard InChI is InChI=1S/C9H11BrN4/c1-2-13-6-4-11-9(13)7-14-5-3-8(10)12-14/h3-6H,2,7H2,1H3. The van der Waals surface area contributed by atoms with E-state index in [4.69, 9.17) is 0 Å². The van der Waals surface area contributed by atoms with Crippen molar-refractivity contribution in [3.05, 3.63) is 35.1 Å². The van der Waals surface area contributed by atoms with Crippen LogP contribution >= 0.6 is 15.9 Å². The zero-order valence-electron chi connectivity index (χ0n) is 7.89. The predicted molar refractivity (Wildman–Crippen MR) is 56.9 cm³/mol. The highest BCUT2D eigenvalue weighted by molar-refractivity contribution is 9.10. The molecule has 2 aromatic rings. The smallest absolute Gasteiger partial charge is 0.130 e. The highest BCUT2D eigenvalue weighted by Gasteiger charge is 2.02. The number of hydrogen-bond donors (Lipinski definition) is 0. The molecule has 0 aliphatic carbocycles. The number of halogens is 1. The first-order chi connectivity index (χ1) is 6.79. The fourth-order valence-electron chi connectivity index (χ4n) is 1.35. The van der Waals surface area contributed by atoms with Gasteiger partial charge in [0.15, 0.2) is 0 Å². The van der Waals surface area contributed by atoms with Crippen LogP contribution in [0.15, 0.2) is 29.3 Å². The average molecular weight is 255 g/mol. The van der Waals surface area contributed by atoms with Crippen molar-refractivity contribution in [3.8, 4) is 0 Å². The summed E-state index contributed by atoms with van der Waals surface area (Å²) < 4.78 is 4.82. The summed E-state index contributed by atoms with van der Waals surface area (Å²) in [5.41, 5.74) is 0. The molecule has 0 amide bonds. The number of nitrogens with zero attached hydrogens (tertiary/aromatic N) is 4. The Morgan fingerprint density at radius 1 is 1.43 bits per heavy atom. The van der Waals surface area contributed by atoms with Crippen LogP contribution in [0.2, 0.25) is 0 Å². The molecular formula is C9H11BrN4. The summed E-state index contributed by atoms with van der Waals surface area (Å²) in [7, 11) is 0. The lowest BCUT2D eigenvalue weighted by Crippen LogP contribution is -2.07. The second-order valence-electron chi connectivity index (χ2n) is 2.97. The topological polar surface area (TPSA) is 35.6 Å². The Labute approximate surface area is 90.7 Å². The number of rotatable bonds is 3. The molecule has 14 heavy (non-hydrogen) atoms. The lowest BCUT2D eigenvalue weighted by Gasteiger charge is -2.04. The van der Waals surface area contributed by atoms with E-state index < -0.39 is 0 Å². The molecule has 0 saturated heterocycles. The Bertz CT molecular complexity index is 418. The first-order valence-corrected chi connectivity index (χ1v) is 5.28. The van der Waals surface area contributed by atoms with Gasteiger partial charge in [-0.1, -0.05) is 0 Å². The van der Waals surface area contributed by atoms with E-state index in [2.05, 4.69) is 37.5 Å². The van der Waals surface area contributed by atoms with E-state index in [0.717, 1.165) is 17.0 Å². The molecule has 0 radical (unpaired) electrons. The van der Waals surface area contributed by atoms with Crippen molar-refractivity contribution >= 4 is 15.9 Å². The maximum atomic E-state index is 4.28. The molecule has 2 aromatic heterocycles. The van der Waals surface area contributed by atoms with Crippen LogP contribution in [0, 0.1) is 0 Å². The molecule has 0 aliphatic rings. The van der Waals surface area contributed by atoms with Crippen molar-refractivity contribution in [2.24, 2.45) is 0 Å². The van der Waals surface area contributed by atoms with E-state index in [1.807, 2.05) is 29.3 Å². The predicted octanol–water partition coefficient (Wildman–Crippen LogP) is 1.91. The van der Waals surface area contributed by atoms with E-state index in [1.165, 1.54) is 0 Å². The molecule has 5 heteroatoms. The molecule has 4 nitrogen and oxygen atoms in total. The van der Waals surface area contributed by atoms with Gasteiger partial charge in [0.05, 0.1) is 6.54 Å². The van der Waals surface area contributed by atoms with Gasteiger partial charge in [-0.2, -0.15) is 5.10 Å². The normalized spacial score (nSPS) is 10.7. The number of hydrogen-bond acceptors (Lipinski definition) is 2. The molecule has 2 heterocycles. The third kappa shape index (κ3) is 1.87. The van der Waals surface area contributed by atoms with Crippen molar-refractivity contribution in [3.63, 3.8) is 0 Å². The first-order valence-electron chi connectivity index (χ1n) is 4.48. The monoisotopic (exact) mass is 254 g/mol. The fourth-order valence-corrected chi connectivity index (χ4v) is 1.67. The van der Waals surface area contributed by atoms with Crippen LogP contribution in [0.3, 0.4) is 0 Å². The van der Waals surface area contributed by atoms with E-state index in [9.17, 15) is 0 Å². The maximum absolute atomic E-state index is 4.28. The fraction of sp³-hybridized carbons (Fsp3) is 0.333. The van der Waals surface area contributed by atoms with Gasteiger partial charge in [-0.3, -0.25) is 4.68 Å². The Hall–Kier alpha value is -1.10. The molecule has 0 N–H and O–H groups in total. The van der Waals surface area contributed by atoms with Crippen LogP contribution in [0.5, 0.6) is 0 Å². The van der Waals surface area contributed by atoms with E-state index >= 15 is 0 Å². The third-order valence-electron chi connectivity index (χ3n) is 2.05. The van der Waals surface area contributed by atoms with Crippen LogP contribution in [0.4, 0.5) is 0 Å². The molecule has 0 unspecified atom stereocenters. The van der Waals surface area contributed by atoms with E-state index in [0.29, 0.717) is 6.54 Å². The molecule has 2 rings (SSSR count). The Morgan fingerprint density at radius 3 is 2.93 bits per heavy atom. The van der Waals surface area contributed by atoms with Crippen LogP contribution in [-0.2, 0) is 13.1 Å². The van der Waals surface area contributed by atoms with E-state index in [-0.39, 0.29) is 0 Å². The molecule has 0 bridgehead atoms. The van der Waals surface area contributed by atoms with Crippen molar-refractivity contribution in [1.29, 1.82) is 0 Å². The van der Waals surface area contributed by atoms with Gasteiger partial charge in [0.1, 0.15) is 10.4 Å². The Morgan fingerprint density at radius 2 is 2.29 bits per heavy atom. The number of aromatic nitrogens is 4. The summed E-state index contributed by atoms with van der Waals surface area (Å²) in [5.74, 6) is 1.03. The van der Waals surface area contributed by atoms with Gasteiger partial charge in [0.25, 0.3) is 0 Å². The minimum Gasteiger partial charge on any atom is -0.334 e. The zero-order valence-corrected chi connectivity index (χ0v) is 9.48. The molecule has 0 aromatic carbocycles. The van der Waals surface area contributed by atoms with Gasteiger partial charge >= 0.3 is 0 Å². The van der Waals surface area contributed by atoms with Crippen LogP contribution < -0.4 is 0 Å². The van der Waals surface area contributed by atoms with Gasteiger partial charge in [-0.15, -0.1) is 0 Å². The minimum atomic E-state index is 0.715. The Kier molecular flexibility index (Phi) is 2.67. The maximum Gasteiger partial charge on any atom is 0.130 e. The van der Waals surface area contributed by atoms with Gasteiger partial charge in [0, 0.05) is 25.1 Å². The third-order valence-corrected chi connectivity index (χ3v) is 2.48. The molecule has 0 fully saturated rings. The summed E-state index contributed by atoms with van der Waals surface area (Å²) >= 11 is 3.31. The van der Waals surface area contributed by atoms with Gasteiger partial charge < -0.3 is 4.57 Å². The van der Waals surface area contributed by atoms with Crippen molar-refractivity contribution < 1.29 is 0 Å². The van der Waals surface area contributed by atoms with Crippen molar-refractivity contribution in [2.75, 3.05) is 0 Å². The van der Waals surface area contributed by atoms with Crippen molar-refractivity contribution in [2.45, 2.75) is 20.0 Å². The van der Waals surface area contributed by atoms with Gasteiger partial charge in [0.2, 0.25) is 0 Å². The van der Waals surface area contributed by atoms with Crippen LogP contribution in [0.25, 0.3) is 0 Å². The largest absolute Gasteiger partial charge is 0.334 e. The SMILES string of the molecule is CCn1ccnc1Cn1ccc(Br)n1. The summed E-state index contributed by atoms with van der Waals surface area (Å²) in [6.07, 6.45) is 5.73. The zero-order chi connectivity index (χ0) is 9.97. The van der Waals surface area contributed by atoms with Crippen LogP contribution in [0.1, 0.15) is 12.7 Å². The molecule has 74 valence electrons. The average Bonchev–Trinajstić information content (AvgIpc) is 2.76. The summed E-state index contributed by atoms with van der Waals surface area (Å²) in [4.78, 5) is 4.28. The lowest BCUT2D eigenvalue weighted by atomic mass is 10.5. The second kappa shape index (κ2) is 3.96. The quantitative estimate of drug-likeness (QED) is 0.839. The van der Waals surface area contributed by atoms with Gasteiger partial charge in [-0.05, 0) is 28.9 Å². The second-order valence-corrected chi connectivity index (χ2v) is 3.78. The summed E-state index contributed by atoms with van der Waals surface area (Å²) in [6, 6.07) is 1.92. The molecular weight excluding hydrogens is 244 g/mol. The van der Waals surface area contributed by atoms with Crippen molar-refractivity contribution in [1.82, 2.24) is 19.3 Å². The highest BCUT2D eigenvalue weighted by Crippen LogP contribution is 2.06. The molecule has 0 atom stereocenters. The molecule has 0 spiro atoms. The highest BCUT2D eigenvalue weighted by atomic mass is 79.9. The number of imidazole rings is 1. The molecule has 0 aliphatic heterocycles. The Balaban J connectivity index is 2.18. The first kappa shape index (κ1) is 9.45. The molecule has 0 saturated carbocycles. The summed E-state index contributed by atoms with van der Waals surface area (Å²) in [5, 5.41) is 4.24. The van der Waals surface area contributed by atoms with E-state index in [1.54, 1.807) is 0 Å². The number of aryl methyl sites for hydroxylation is 1. The van der Waals surface area contributed by atoms with Gasteiger partial charge in [-0.25, -0.2) is 4.98 Å². The van der Waals surface area contributed by atoms with Crippen LogP contribution in [-0.4, -0.2) is 19.3 Å². The lowest BCUT2D eigenvalue weighted by molar-refractivity contribution is 0.604. The summed E-state index contributed by atoms with van der Waals surface area (Å²) in [6.45, 7) is 3.76. The minimum absolute atomic E-state index is 0.715.